The first kappa shape index (κ1) is 19.6. The minimum atomic E-state index is -3.03. The van der Waals surface area contributed by atoms with Gasteiger partial charge in [0.1, 0.15) is 0 Å². The van der Waals surface area contributed by atoms with Crippen LogP contribution in [0.25, 0.3) is 0 Å². The topological polar surface area (TPSA) is 73.9 Å². The number of hydrogen-bond donors (Lipinski definition) is 1. The number of carbonyl (C=O) groups excluding carboxylic acids is 2. The molecule has 3 rings (SSSR count). The van der Waals surface area contributed by atoms with Crippen molar-refractivity contribution in [1.82, 2.24) is 5.32 Å². The monoisotopic (exact) mass is 391 g/mol. The van der Waals surface area contributed by atoms with Gasteiger partial charge in [0.15, 0.2) is 11.5 Å². The van der Waals surface area contributed by atoms with Gasteiger partial charge in [-0.3, -0.25) is 4.79 Å². The maximum atomic E-state index is 12.6. The lowest BCUT2D eigenvalue weighted by Gasteiger charge is -2.18. The number of ether oxygens (including phenoxy) is 3. The molecule has 0 unspecified atom stereocenters. The van der Waals surface area contributed by atoms with Crippen LogP contribution < -0.4 is 14.8 Å². The van der Waals surface area contributed by atoms with Crippen LogP contribution in [0.15, 0.2) is 48.5 Å². The Morgan fingerprint density at radius 3 is 2.39 bits per heavy atom. The van der Waals surface area contributed by atoms with E-state index in [9.17, 15) is 18.4 Å². The van der Waals surface area contributed by atoms with Gasteiger partial charge in [0, 0.05) is 11.6 Å². The van der Waals surface area contributed by atoms with Crippen molar-refractivity contribution in [2.75, 3.05) is 7.11 Å². The van der Waals surface area contributed by atoms with Crippen molar-refractivity contribution in [1.29, 1.82) is 0 Å². The SMILES string of the molecule is COc1cc(C(=O)O[C@H](C(=O)NC2CC2)c2ccccc2)ccc1OC(F)F. The number of benzene rings is 2. The smallest absolute Gasteiger partial charge is 0.387 e. The van der Waals surface area contributed by atoms with Gasteiger partial charge >= 0.3 is 12.6 Å². The molecule has 1 aliphatic rings. The van der Waals surface area contributed by atoms with Crippen LogP contribution in [0, 0.1) is 0 Å². The maximum absolute atomic E-state index is 12.6. The van der Waals surface area contributed by atoms with Crippen LogP contribution in [-0.2, 0) is 9.53 Å². The molecule has 8 heteroatoms. The summed E-state index contributed by atoms with van der Waals surface area (Å²) in [5.41, 5.74) is 0.567. The number of hydrogen-bond acceptors (Lipinski definition) is 5. The van der Waals surface area contributed by atoms with Crippen molar-refractivity contribution in [2.45, 2.75) is 31.6 Å². The third-order valence-electron chi connectivity index (χ3n) is 4.10. The largest absolute Gasteiger partial charge is 0.493 e. The van der Waals surface area contributed by atoms with Gasteiger partial charge in [-0.05, 0) is 31.0 Å². The van der Waals surface area contributed by atoms with Gasteiger partial charge in [0.2, 0.25) is 6.10 Å². The van der Waals surface area contributed by atoms with E-state index in [2.05, 4.69) is 10.1 Å². The minimum absolute atomic E-state index is 0.0404. The molecule has 1 aliphatic carbocycles. The molecule has 1 amide bonds. The van der Waals surface area contributed by atoms with E-state index in [-0.39, 0.29) is 23.1 Å². The zero-order chi connectivity index (χ0) is 20.1. The van der Waals surface area contributed by atoms with E-state index in [4.69, 9.17) is 9.47 Å². The molecule has 1 N–H and O–H groups in total. The summed E-state index contributed by atoms with van der Waals surface area (Å²) in [5, 5.41) is 2.82. The number of rotatable bonds is 8. The van der Waals surface area contributed by atoms with E-state index in [1.165, 1.54) is 25.3 Å². The van der Waals surface area contributed by atoms with Crippen molar-refractivity contribution < 1.29 is 32.6 Å². The van der Waals surface area contributed by atoms with E-state index in [0.29, 0.717) is 5.56 Å². The molecule has 0 bridgehead atoms. The van der Waals surface area contributed by atoms with E-state index in [1.807, 2.05) is 0 Å². The Morgan fingerprint density at radius 2 is 1.79 bits per heavy atom. The Hall–Kier alpha value is -3.16. The number of amides is 1. The Labute approximate surface area is 160 Å². The quantitative estimate of drug-likeness (QED) is 0.698. The molecule has 6 nitrogen and oxygen atoms in total. The molecule has 0 aliphatic heterocycles. The average molecular weight is 391 g/mol. The van der Waals surface area contributed by atoms with Gasteiger partial charge in [-0.2, -0.15) is 8.78 Å². The summed E-state index contributed by atoms with van der Waals surface area (Å²) in [7, 11) is 1.26. The van der Waals surface area contributed by atoms with Crippen LogP contribution >= 0.6 is 0 Å². The van der Waals surface area contributed by atoms with Crippen LogP contribution in [-0.4, -0.2) is 31.6 Å². The first-order chi connectivity index (χ1) is 13.5. The van der Waals surface area contributed by atoms with Crippen molar-refractivity contribution in [2.24, 2.45) is 0 Å². The second-order valence-electron chi connectivity index (χ2n) is 6.22. The number of halogens is 2. The summed E-state index contributed by atoms with van der Waals surface area (Å²) in [6.45, 7) is -3.03. The summed E-state index contributed by atoms with van der Waals surface area (Å²) in [5.74, 6) is -1.46. The van der Waals surface area contributed by atoms with Crippen molar-refractivity contribution in [3.63, 3.8) is 0 Å². The molecule has 0 saturated heterocycles. The molecule has 28 heavy (non-hydrogen) atoms. The first-order valence-electron chi connectivity index (χ1n) is 8.67. The molecule has 1 fully saturated rings. The van der Waals surface area contributed by atoms with Crippen molar-refractivity contribution in [3.05, 3.63) is 59.7 Å². The second kappa shape index (κ2) is 8.69. The highest BCUT2D eigenvalue weighted by Crippen LogP contribution is 2.31. The lowest BCUT2D eigenvalue weighted by molar-refractivity contribution is -0.130. The molecule has 0 spiro atoms. The van der Waals surface area contributed by atoms with E-state index >= 15 is 0 Å². The molecular formula is C20H19F2NO5. The van der Waals surface area contributed by atoms with E-state index in [1.54, 1.807) is 30.3 Å². The molecule has 148 valence electrons. The average Bonchev–Trinajstić information content (AvgIpc) is 3.50. The fourth-order valence-corrected chi connectivity index (χ4v) is 2.57. The molecule has 1 atom stereocenters. The second-order valence-corrected chi connectivity index (χ2v) is 6.22. The molecule has 0 radical (unpaired) electrons. The van der Waals surface area contributed by atoms with Crippen LogP contribution in [0.3, 0.4) is 0 Å². The van der Waals surface area contributed by atoms with Crippen LogP contribution in [0.1, 0.15) is 34.9 Å². The van der Waals surface area contributed by atoms with E-state index in [0.717, 1.165) is 12.8 Å². The number of nitrogens with one attached hydrogen (secondary N) is 1. The van der Waals surface area contributed by atoms with Gasteiger partial charge in [0.05, 0.1) is 12.7 Å². The summed E-state index contributed by atoms with van der Waals surface area (Å²) in [4.78, 5) is 25.1. The van der Waals surface area contributed by atoms with Crippen LogP contribution in [0.4, 0.5) is 8.78 Å². The zero-order valence-corrected chi connectivity index (χ0v) is 15.1. The summed E-state index contributed by atoms with van der Waals surface area (Å²) >= 11 is 0. The summed E-state index contributed by atoms with van der Waals surface area (Å²) in [6.07, 6.45) is 0.658. The maximum Gasteiger partial charge on any atom is 0.387 e. The lowest BCUT2D eigenvalue weighted by Crippen LogP contribution is -2.33. The Balaban J connectivity index is 1.80. The fourth-order valence-electron chi connectivity index (χ4n) is 2.57. The standard InChI is InChI=1S/C20H19F2NO5/c1-26-16-11-13(7-10-15(16)27-20(21)22)19(25)28-17(12-5-3-2-4-6-12)18(24)23-14-8-9-14/h2-7,10-11,14,17,20H,8-9H2,1H3,(H,23,24)/t17-/m0/s1. The molecule has 0 heterocycles. The van der Waals surface area contributed by atoms with Gasteiger partial charge in [-0.15, -0.1) is 0 Å². The van der Waals surface area contributed by atoms with Crippen LogP contribution in [0.5, 0.6) is 11.5 Å². The number of alkyl halides is 2. The van der Waals surface area contributed by atoms with Gasteiger partial charge in [0.25, 0.3) is 5.91 Å². The Kier molecular flexibility index (Phi) is 6.08. The molecule has 1 saturated carbocycles. The van der Waals surface area contributed by atoms with Crippen LogP contribution in [0.2, 0.25) is 0 Å². The van der Waals surface area contributed by atoms with E-state index < -0.39 is 24.6 Å². The highest BCUT2D eigenvalue weighted by Gasteiger charge is 2.31. The molecule has 2 aromatic rings. The first-order valence-corrected chi connectivity index (χ1v) is 8.67. The third kappa shape index (κ3) is 4.97. The minimum Gasteiger partial charge on any atom is -0.493 e. The van der Waals surface area contributed by atoms with Crippen molar-refractivity contribution in [3.8, 4) is 11.5 Å². The highest BCUT2D eigenvalue weighted by molar-refractivity contribution is 5.93. The Bertz CT molecular complexity index is 840. The molecule has 0 aromatic heterocycles. The highest BCUT2D eigenvalue weighted by atomic mass is 19.3. The Morgan fingerprint density at radius 1 is 1.07 bits per heavy atom. The summed E-state index contributed by atoms with van der Waals surface area (Å²) < 4.78 is 39.6. The number of esters is 1. The number of methoxy groups -OCH3 is 1. The summed E-state index contributed by atoms with van der Waals surface area (Å²) in [6, 6.07) is 12.4. The molecule has 2 aromatic carbocycles. The fraction of sp³-hybridized carbons (Fsp3) is 0.300. The zero-order valence-electron chi connectivity index (χ0n) is 15.1. The normalized spacial score (nSPS) is 14.3. The van der Waals surface area contributed by atoms with Gasteiger partial charge in [-0.1, -0.05) is 30.3 Å². The van der Waals surface area contributed by atoms with Crippen molar-refractivity contribution >= 4 is 11.9 Å². The predicted molar refractivity (Wildman–Crippen MR) is 95.4 cm³/mol. The van der Waals surface area contributed by atoms with Gasteiger partial charge < -0.3 is 19.5 Å². The van der Waals surface area contributed by atoms with Gasteiger partial charge in [-0.25, -0.2) is 4.79 Å². The number of carbonyl (C=O) groups is 2. The molecular weight excluding hydrogens is 372 g/mol. The lowest BCUT2D eigenvalue weighted by atomic mass is 10.1. The predicted octanol–water partition coefficient (Wildman–Crippen LogP) is 3.47. The third-order valence-corrected chi connectivity index (χ3v) is 4.10.